The molecule has 1 aliphatic rings. The van der Waals surface area contributed by atoms with Crippen LogP contribution in [0.2, 0.25) is 0 Å². The quantitative estimate of drug-likeness (QED) is 0.739. The van der Waals surface area contributed by atoms with Gasteiger partial charge in [0.1, 0.15) is 11.9 Å². The molecule has 1 saturated heterocycles. The number of phenolic OH excluding ortho intramolecular Hbond substituents is 1. The number of piperidine rings is 1. The fraction of sp³-hybridized carbons (Fsp3) is 0.350. The summed E-state index contributed by atoms with van der Waals surface area (Å²) in [5, 5.41) is 26.2. The Kier molecular flexibility index (Phi) is 4.77. The van der Waals surface area contributed by atoms with Crippen LogP contribution < -0.4 is 10.1 Å². The van der Waals surface area contributed by atoms with Crippen LogP contribution in [0.3, 0.4) is 0 Å². The average molecular weight is 365 g/mol. The molecule has 0 spiro atoms. The summed E-state index contributed by atoms with van der Waals surface area (Å²) < 4.78 is 7.73. The monoisotopic (exact) mass is 365 g/mol. The molecule has 0 bridgehead atoms. The minimum Gasteiger partial charge on any atom is -0.508 e. The van der Waals surface area contributed by atoms with E-state index < -0.39 is 0 Å². The summed E-state index contributed by atoms with van der Waals surface area (Å²) in [6.07, 6.45) is 5.56. The third-order valence-electron chi connectivity index (χ3n) is 4.74. The van der Waals surface area contributed by atoms with E-state index in [4.69, 9.17) is 4.74 Å². The number of hydrogen-bond donors (Lipinski definition) is 2. The molecule has 2 unspecified atom stereocenters. The van der Waals surface area contributed by atoms with Gasteiger partial charge in [0.25, 0.3) is 0 Å². The number of rotatable bonds is 4. The summed E-state index contributed by atoms with van der Waals surface area (Å²) in [5.41, 5.74) is 2.27. The van der Waals surface area contributed by atoms with Crippen molar-refractivity contribution in [1.29, 1.82) is 0 Å². The van der Waals surface area contributed by atoms with Crippen molar-refractivity contribution in [1.82, 2.24) is 25.3 Å². The molecule has 0 radical (unpaired) electrons. The first-order chi connectivity index (χ1) is 13.1. The van der Waals surface area contributed by atoms with Crippen molar-refractivity contribution in [2.45, 2.75) is 44.9 Å². The molecule has 4 rings (SSSR count). The Morgan fingerprint density at radius 3 is 2.59 bits per heavy atom. The number of phenols is 1. The standard InChI is InChI=1S/C20H23N5O2/c1-13-10-16(11-14(2)22-13)27-20-7-6-18(23-24-20)17-5-4-15(26)12-19(17)25-9-3-8-21-25/h3-9,12-14,16,22,26H,10-11H2,1-2H3. The van der Waals surface area contributed by atoms with Crippen molar-refractivity contribution in [2.75, 3.05) is 0 Å². The number of nitrogens with zero attached hydrogens (tertiary/aromatic N) is 4. The van der Waals surface area contributed by atoms with E-state index >= 15 is 0 Å². The average Bonchev–Trinajstić information content (AvgIpc) is 3.16. The Hall–Kier alpha value is -2.93. The number of nitrogens with one attached hydrogen (secondary N) is 1. The largest absolute Gasteiger partial charge is 0.508 e. The molecular formula is C20H23N5O2. The summed E-state index contributed by atoms with van der Waals surface area (Å²) in [5.74, 6) is 0.704. The molecule has 2 N–H and O–H groups in total. The molecular weight excluding hydrogens is 342 g/mol. The van der Waals surface area contributed by atoms with Crippen LogP contribution in [-0.2, 0) is 0 Å². The van der Waals surface area contributed by atoms with Gasteiger partial charge in [-0.05, 0) is 51.0 Å². The van der Waals surface area contributed by atoms with E-state index in [1.165, 1.54) is 0 Å². The second kappa shape index (κ2) is 7.36. The third-order valence-corrected chi connectivity index (χ3v) is 4.74. The number of aromatic nitrogens is 4. The van der Waals surface area contributed by atoms with Crippen LogP contribution in [-0.4, -0.2) is 43.3 Å². The zero-order valence-electron chi connectivity index (χ0n) is 15.4. The van der Waals surface area contributed by atoms with Crippen LogP contribution in [0.5, 0.6) is 11.6 Å². The summed E-state index contributed by atoms with van der Waals surface area (Å²) in [7, 11) is 0. The highest BCUT2D eigenvalue weighted by molar-refractivity contribution is 5.71. The van der Waals surface area contributed by atoms with Crippen molar-refractivity contribution in [2.24, 2.45) is 0 Å². The molecule has 7 nitrogen and oxygen atoms in total. The van der Waals surface area contributed by atoms with Crippen molar-refractivity contribution in [3.8, 4) is 28.6 Å². The molecule has 2 aromatic heterocycles. The Labute approximate surface area is 158 Å². The lowest BCUT2D eigenvalue weighted by molar-refractivity contribution is 0.117. The van der Waals surface area contributed by atoms with Gasteiger partial charge in [-0.2, -0.15) is 5.10 Å². The van der Waals surface area contributed by atoms with Gasteiger partial charge in [0.15, 0.2) is 0 Å². The first-order valence-corrected chi connectivity index (χ1v) is 9.18. The fourth-order valence-electron chi connectivity index (χ4n) is 3.64. The molecule has 0 saturated carbocycles. The van der Waals surface area contributed by atoms with E-state index in [2.05, 4.69) is 34.5 Å². The van der Waals surface area contributed by atoms with Crippen LogP contribution in [0.1, 0.15) is 26.7 Å². The maximum Gasteiger partial charge on any atom is 0.233 e. The SMILES string of the molecule is CC1CC(Oc2ccc(-c3ccc(O)cc3-n3cccn3)nn2)CC(C)N1. The van der Waals surface area contributed by atoms with Crippen LogP contribution in [0, 0.1) is 0 Å². The highest BCUT2D eigenvalue weighted by Gasteiger charge is 2.25. The van der Waals surface area contributed by atoms with Gasteiger partial charge in [-0.3, -0.25) is 0 Å². The maximum atomic E-state index is 9.85. The van der Waals surface area contributed by atoms with Crippen molar-refractivity contribution in [3.63, 3.8) is 0 Å². The van der Waals surface area contributed by atoms with Gasteiger partial charge in [0.05, 0.1) is 11.4 Å². The Morgan fingerprint density at radius 1 is 1.11 bits per heavy atom. The highest BCUT2D eigenvalue weighted by atomic mass is 16.5. The zero-order valence-corrected chi connectivity index (χ0v) is 15.4. The number of hydrogen-bond acceptors (Lipinski definition) is 6. The Morgan fingerprint density at radius 2 is 1.93 bits per heavy atom. The normalized spacial score (nSPS) is 22.5. The van der Waals surface area contributed by atoms with Crippen LogP contribution >= 0.6 is 0 Å². The first kappa shape index (κ1) is 17.5. The van der Waals surface area contributed by atoms with E-state index in [0.29, 0.717) is 23.7 Å². The number of ether oxygens (including phenoxy) is 1. The van der Waals surface area contributed by atoms with Gasteiger partial charge < -0.3 is 15.2 Å². The van der Waals surface area contributed by atoms with Gasteiger partial charge in [-0.1, -0.05) is 0 Å². The molecule has 1 fully saturated rings. The molecule has 27 heavy (non-hydrogen) atoms. The van der Waals surface area contributed by atoms with Crippen LogP contribution in [0.4, 0.5) is 0 Å². The van der Waals surface area contributed by atoms with Crippen molar-refractivity contribution < 1.29 is 9.84 Å². The van der Waals surface area contributed by atoms with E-state index in [1.54, 1.807) is 23.0 Å². The van der Waals surface area contributed by atoms with Gasteiger partial charge in [-0.15, -0.1) is 10.2 Å². The predicted molar refractivity (Wildman–Crippen MR) is 102 cm³/mol. The van der Waals surface area contributed by atoms with Crippen LogP contribution in [0.15, 0.2) is 48.8 Å². The number of aromatic hydroxyl groups is 1. The molecule has 2 atom stereocenters. The predicted octanol–water partition coefficient (Wildman–Crippen LogP) is 2.94. The summed E-state index contributed by atoms with van der Waals surface area (Å²) in [6, 6.07) is 11.5. The molecule has 0 aliphatic carbocycles. The molecule has 3 aromatic rings. The second-order valence-corrected chi connectivity index (χ2v) is 7.09. The van der Waals surface area contributed by atoms with E-state index in [0.717, 1.165) is 24.1 Å². The Balaban J connectivity index is 1.56. The first-order valence-electron chi connectivity index (χ1n) is 9.18. The molecule has 1 aliphatic heterocycles. The summed E-state index contributed by atoms with van der Waals surface area (Å²) in [4.78, 5) is 0. The fourth-order valence-corrected chi connectivity index (χ4v) is 3.64. The summed E-state index contributed by atoms with van der Waals surface area (Å²) >= 11 is 0. The van der Waals surface area contributed by atoms with Crippen molar-refractivity contribution in [3.05, 3.63) is 48.8 Å². The van der Waals surface area contributed by atoms with Gasteiger partial charge in [-0.25, -0.2) is 4.68 Å². The lowest BCUT2D eigenvalue weighted by Gasteiger charge is -2.32. The molecule has 1 aromatic carbocycles. The van der Waals surface area contributed by atoms with Gasteiger partial charge in [0, 0.05) is 42.2 Å². The highest BCUT2D eigenvalue weighted by Crippen LogP contribution is 2.29. The molecule has 3 heterocycles. The van der Waals surface area contributed by atoms with E-state index in [1.807, 2.05) is 30.5 Å². The number of benzene rings is 1. The molecule has 140 valence electrons. The van der Waals surface area contributed by atoms with Crippen molar-refractivity contribution >= 4 is 0 Å². The van der Waals surface area contributed by atoms with Gasteiger partial charge in [0.2, 0.25) is 5.88 Å². The summed E-state index contributed by atoms with van der Waals surface area (Å²) in [6.45, 7) is 4.34. The van der Waals surface area contributed by atoms with E-state index in [9.17, 15) is 5.11 Å². The van der Waals surface area contributed by atoms with Gasteiger partial charge >= 0.3 is 0 Å². The Bertz CT molecular complexity index is 885. The maximum absolute atomic E-state index is 9.85. The molecule has 7 heteroatoms. The second-order valence-electron chi connectivity index (χ2n) is 7.09. The lowest BCUT2D eigenvalue weighted by atomic mass is 9.98. The van der Waals surface area contributed by atoms with Crippen LogP contribution in [0.25, 0.3) is 16.9 Å². The smallest absolute Gasteiger partial charge is 0.233 e. The zero-order chi connectivity index (χ0) is 18.8. The minimum atomic E-state index is 0.143. The van der Waals surface area contributed by atoms with E-state index in [-0.39, 0.29) is 11.9 Å². The molecule has 0 amide bonds. The lowest BCUT2D eigenvalue weighted by Crippen LogP contribution is -2.46. The third kappa shape index (κ3) is 3.93. The minimum absolute atomic E-state index is 0.143. The topological polar surface area (TPSA) is 85.1 Å².